The average molecular weight is 375 g/mol. The molecule has 138 valence electrons. The number of ether oxygens (including phenoxy) is 2. The maximum absolute atomic E-state index is 12.3. The number of anilines is 1. The van der Waals surface area contributed by atoms with Crippen LogP contribution >= 0.6 is 11.6 Å². The molecule has 26 heavy (non-hydrogen) atoms. The summed E-state index contributed by atoms with van der Waals surface area (Å²) in [4.78, 5) is 14.2. The van der Waals surface area contributed by atoms with Crippen molar-refractivity contribution in [2.75, 3.05) is 32.6 Å². The van der Waals surface area contributed by atoms with Crippen molar-refractivity contribution in [3.63, 3.8) is 0 Å². The second-order valence-electron chi connectivity index (χ2n) is 5.81. The number of rotatable bonds is 9. The zero-order chi connectivity index (χ0) is 18.9. The molecular weight excluding hydrogens is 352 g/mol. The molecule has 0 atom stereocenters. The van der Waals surface area contributed by atoms with Gasteiger partial charge in [-0.25, -0.2) is 0 Å². The first kappa shape index (κ1) is 19.8. The number of carbonyl (C=O) groups excluding carboxylic acids is 1. The van der Waals surface area contributed by atoms with Crippen LogP contribution in [-0.4, -0.2) is 38.1 Å². The van der Waals surface area contributed by atoms with Crippen LogP contribution in [0, 0.1) is 0 Å². The topological polar surface area (TPSA) is 50.8 Å². The number of nitrogens with one attached hydrogen (secondary N) is 1. The monoisotopic (exact) mass is 374 g/mol. The zero-order valence-corrected chi connectivity index (χ0v) is 15.8. The van der Waals surface area contributed by atoms with Crippen LogP contribution < -0.4 is 14.8 Å². The van der Waals surface area contributed by atoms with Crippen molar-refractivity contribution in [1.82, 2.24) is 4.90 Å². The van der Waals surface area contributed by atoms with Crippen molar-refractivity contribution >= 4 is 23.2 Å². The number of hydrogen-bond acceptors (Lipinski definition) is 4. The smallest absolute Gasteiger partial charge is 0.238 e. The van der Waals surface area contributed by atoms with Gasteiger partial charge >= 0.3 is 0 Å². The number of amides is 1. The van der Waals surface area contributed by atoms with Gasteiger partial charge in [0, 0.05) is 11.6 Å². The highest BCUT2D eigenvalue weighted by atomic mass is 35.5. The van der Waals surface area contributed by atoms with Crippen LogP contribution in [0.4, 0.5) is 5.69 Å². The molecule has 0 aliphatic carbocycles. The number of carbonyl (C=O) groups is 1. The van der Waals surface area contributed by atoms with E-state index in [9.17, 15) is 4.79 Å². The minimum atomic E-state index is -0.140. The van der Waals surface area contributed by atoms with Crippen molar-refractivity contribution < 1.29 is 14.3 Å². The van der Waals surface area contributed by atoms with E-state index in [1.807, 2.05) is 36.2 Å². The van der Waals surface area contributed by atoms with E-state index in [4.69, 9.17) is 21.1 Å². The van der Waals surface area contributed by atoms with E-state index in [2.05, 4.69) is 11.9 Å². The summed E-state index contributed by atoms with van der Waals surface area (Å²) in [5, 5.41) is 3.37. The lowest BCUT2D eigenvalue weighted by Crippen LogP contribution is -2.29. The third-order valence-corrected chi connectivity index (χ3v) is 3.83. The van der Waals surface area contributed by atoms with E-state index in [0.29, 0.717) is 29.6 Å². The molecule has 2 aromatic rings. The van der Waals surface area contributed by atoms with Crippen LogP contribution in [0.15, 0.2) is 55.1 Å². The maximum Gasteiger partial charge on any atom is 0.238 e. The van der Waals surface area contributed by atoms with Gasteiger partial charge < -0.3 is 14.8 Å². The summed E-state index contributed by atoms with van der Waals surface area (Å²) in [6, 6.07) is 12.9. The lowest BCUT2D eigenvalue weighted by atomic mass is 10.2. The van der Waals surface area contributed by atoms with Gasteiger partial charge in [0.1, 0.15) is 18.1 Å². The Bertz CT molecular complexity index is 747. The summed E-state index contributed by atoms with van der Waals surface area (Å²) < 4.78 is 10.7. The van der Waals surface area contributed by atoms with Crippen LogP contribution in [0.5, 0.6) is 11.5 Å². The summed E-state index contributed by atoms with van der Waals surface area (Å²) in [6.07, 6.45) is 1.70. The fourth-order valence-electron chi connectivity index (χ4n) is 2.43. The standard InChI is InChI=1S/C20H23ClN2O3/c1-4-11-26-17-8-5-15(6-9-17)13-23(2)14-20(24)22-18-12-16(21)7-10-19(18)25-3/h4-10,12H,1,11,13-14H2,2-3H3,(H,22,24). The van der Waals surface area contributed by atoms with E-state index >= 15 is 0 Å². The first-order valence-corrected chi connectivity index (χ1v) is 8.54. The maximum atomic E-state index is 12.3. The third kappa shape index (κ3) is 6.10. The first-order valence-electron chi connectivity index (χ1n) is 8.16. The largest absolute Gasteiger partial charge is 0.495 e. The molecule has 0 radical (unpaired) electrons. The van der Waals surface area contributed by atoms with Gasteiger partial charge in [0.05, 0.1) is 19.3 Å². The van der Waals surface area contributed by atoms with Gasteiger partial charge in [-0.2, -0.15) is 0 Å². The van der Waals surface area contributed by atoms with Crippen LogP contribution in [0.1, 0.15) is 5.56 Å². The molecule has 0 bridgehead atoms. The van der Waals surface area contributed by atoms with E-state index in [0.717, 1.165) is 11.3 Å². The quantitative estimate of drug-likeness (QED) is 0.674. The van der Waals surface area contributed by atoms with Crippen LogP contribution in [0.3, 0.4) is 0 Å². The van der Waals surface area contributed by atoms with Gasteiger partial charge in [-0.05, 0) is 42.9 Å². The van der Waals surface area contributed by atoms with Gasteiger partial charge in [-0.15, -0.1) is 0 Å². The highest BCUT2D eigenvalue weighted by Gasteiger charge is 2.11. The molecule has 5 nitrogen and oxygen atoms in total. The summed E-state index contributed by atoms with van der Waals surface area (Å²) in [6.45, 7) is 4.98. The second-order valence-corrected chi connectivity index (χ2v) is 6.25. The number of methoxy groups -OCH3 is 1. The molecule has 0 unspecified atom stereocenters. The molecule has 0 aromatic heterocycles. The molecule has 1 amide bonds. The number of hydrogen-bond donors (Lipinski definition) is 1. The molecular formula is C20H23ClN2O3. The normalized spacial score (nSPS) is 10.5. The lowest BCUT2D eigenvalue weighted by molar-refractivity contribution is -0.117. The lowest BCUT2D eigenvalue weighted by Gasteiger charge is -2.17. The number of likely N-dealkylation sites (N-methyl/N-ethyl adjacent to an activating group) is 1. The molecule has 2 rings (SSSR count). The van der Waals surface area contributed by atoms with Gasteiger partial charge in [-0.3, -0.25) is 9.69 Å². The Balaban J connectivity index is 1.89. The fraction of sp³-hybridized carbons (Fsp3) is 0.250. The van der Waals surface area contributed by atoms with E-state index in [1.165, 1.54) is 0 Å². The Kier molecular flexibility index (Phi) is 7.51. The summed E-state index contributed by atoms with van der Waals surface area (Å²) in [5.74, 6) is 1.22. The summed E-state index contributed by atoms with van der Waals surface area (Å²) >= 11 is 5.98. The van der Waals surface area contributed by atoms with E-state index in [-0.39, 0.29) is 12.5 Å². The Morgan fingerprint density at radius 1 is 1.27 bits per heavy atom. The molecule has 0 saturated carbocycles. The summed E-state index contributed by atoms with van der Waals surface area (Å²) in [7, 11) is 3.43. The fourth-order valence-corrected chi connectivity index (χ4v) is 2.60. The molecule has 0 fully saturated rings. The van der Waals surface area contributed by atoms with Crippen molar-refractivity contribution in [1.29, 1.82) is 0 Å². The SMILES string of the molecule is C=CCOc1ccc(CN(C)CC(=O)Nc2cc(Cl)ccc2OC)cc1. The van der Waals surface area contributed by atoms with Crippen molar-refractivity contribution in [2.24, 2.45) is 0 Å². The molecule has 0 heterocycles. The number of benzene rings is 2. The van der Waals surface area contributed by atoms with Crippen LogP contribution in [0.25, 0.3) is 0 Å². The highest BCUT2D eigenvalue weighted by molar-refractivity contribution is 6.31. The Morgan fingerprint density at radius 2 is 2.00 bits per heavy atom. The van der Waals surface area contributed by atoms with E-state index < -0.39 is 0 Å². The minimum absolute atomic E-state index is 0.140. The zero-order valence-electron chi connectivity index (χ0n) is 15.0. The number of halogens is 1. The first-order chi connectivity index (χ1) is 12.5. The molecule has 0 aliphatic heterocycles. The molecule has 0 spiro atoms. The Labute approximate surface area is 159 Å². The number of nitrogens with zero attached hydrogens (tertiary/aromatic N) is 1. The van der Waals surface area contributed by atoms with Gasteiger partial charge in [0.2, 0.25) is 5.91 Å². The summed E-state index contributed by atoms with van der Waals surface area (Å²) in [5.41, 5.74) is 1.65. The molecule has 0 saturated heterocycles. The van der Waals surface area contributed by atoms with Crippen LogP contribution in [-0.2, 0) is 11.3 Å². The second kappa shape index (κ2) is 9.85. The van der Waals surface area contributed by atoms with Crippen molar-refractivity contribution in [3.05, 3.63) is 65.7 Å². The molecule has 0 aliphatic rings. The molecule has 1 N–H and O–H groups in total. The van der Waals surface area contributed by atoms with Crippen molar-refractivity contribution in [3.8, 4) is 11.5 Å². The molecule has 6 heteroatoms. The van der Waals surface area contributed by atoms with Gasteiger partial charge in [0.15, 0.2) is 0 Å². The van der Waals surface area contributed by atoms with E-state index in [1.54, 1.807) is 31.4 Å². The van der Waals surface area contributed by atoms with Crippen LogP contribution in [0.2, 0.25) is 5.02 Å². The Morgan fingerprint density at radius 3 is 2.65 bits per heavy atom. The predicted molar refractivity (Wildman–Crippen MR) is 105 cm³/mol. The minimum Gasteiger partial charge on any atom is -0.495 e. The van der Waals surface area contributed by atoms with Gasteiger partial charge in [-0.1, -0.05) is 36.4 Å². The molecule has 2 aromatic carbocycles. The van der Waals surface area contributed by atoms with Gasteiger partial charge in [0.25, 0.3) is 0 Å². The Hall–Kier alpha value is -2.50. The third-order valence-electron chi connectivity index (χ3n) is 3.59. The predicted octanol–water partition coefficient (Wildman–Crippen LogP) is 3.98. The average Bonchev–Trinajstić information content (AvgIpc) is 2.61. The van der Waals surface area contributed by atoms with Crippen molar-refractivity contribution in [2.45, 2.75) is 6.54 Å². The highest BCUT2D eigenvalue weighted by Crippen LogP contribution is 2.27.